The van der Waals surface area contributed by atoms with Gasteiger partial charge in [0.25, 0.3) is 5.91 Å². The molecule has 3 amide bonds. The number of alkyl halides is 3. The predicted octanol–water partition coefficient (Wildman–Crippen LogP) is 2.99. The van der Waals surface area contributed by atoms with Crippen LogP contribution in [-0.4, -0.2) is 72.4 Å². The van der Waals surface area contributed by atoms with E-state index in [2.05, 4.69) is 31.9 Å². The number of urea groups is 1. The maximum atomic E-state index is 13.6. The van der Waals surface area contributed by atoms with Gasteiger partial charge in [-0.15, -0.1) is 0 Å². The van der Waals surface area contributed by atoms with Crippen LogP contribution in [0.2, 0.25) is 0 Å². The van der Waals surface area contributed by atoms with Crippen LogP contribution in [0, 0.1) is 0 Å². The van der Waals surface area contributed by atoms with Gasteiger partial charge in [0.15, 0.2) is 0 Å². The van der Waals surface area contributed by atoms with Gasteiger partial charge in [0, 0.05) is 38.3 Å². The first kappa shape index (κ1) is 27.7. The van der Waals surface area contributed by atoms with Gasteiger partial charge in [0.05, 0.1) is 0 Å². The zero-order valence-electron chi connectivity index (χ0n) is 20.1. The van der Waals surface area contributed by atoms with Gasteiger partial charge in [0.2, 0.25) is 5.88 Å². The minimum atomic E-state index is -1.01. The molecular formula is C23H31F3N6O3S. The Hall–Kier alpha value is -2.90. The zero-order chi connectivity index (χ0) is 26.1. The lowest BCUT2D eigenvalue weighted by Gasteiger charge is -2.32. The largest absolute Gasteiger partial charge is 0.472 e. The molecule has 0 spiro atoms. The topological polar surface area (TPSA) is 113 Å². The van der Waals surface area contributed by atoms with Gasteiger partial charge in [0.1, 0.15) is 37.2 Å². The zero-order valence-corrected chi connectivity index (χ0v) is 20.9. The molecule has 2 aromatic rings. The number of anilines is 1. The van der Waals surface area contributed by atoms with Gasteiger partial charge in [-0.25, -0.2) is 18.0 Å². The van der Waals surface area contributed by atoms with Gasteiger partial charge in [-0.1, -0.05) is 12.1 Å². The highest BCUT2D eigenvalue weighted by Crippen LogP contribution is 2.32. The van der Waals surface area contributed by atoms with Crippen LogP contribution in [0.15, 0.2) is 12.1 Å². The maximum Gasteiger partial charge on any atom is 0.319 e. The van der Waals surface area contributed by atoms with Crippen molar-refractivity contribution in [1.29, 1.82) is 0 Å². The van der Waals surface area contributed by atoms with Crippen molar-refractivity contribution in [2.45, 2.75) is 33.1 Å². The summed E-state index contributed by atoms with van der Waals surface area (Å²) in [5.74, 6) is -1.07. The van der Waals surface area contributed by atoms with Crippen molar-refractivity contribution in [2.75, 3.05) is 51.6 Å². The molecule has 0 bridgehead atoms. The summed E-state index contributed by atoms with van der Waals surface area (Å²) >= 11 is 0.789. The van der Waals surface area contributed by atoms with E-state index in [1.807, 2.05) is 0 Å². The number of piperazine rings is 1. The molecule has 4 N–H and O–H groups in total. The second-order valence-electron chi connectivity index (χ2n) is 8.47. The van der Waals surface area contributed by atoms with Crippen molar-refractivity contribution in [3.05, 3.63) is 39.9 Å². The monoisotopic (exact) mass is 528 g/mol. The third kappa shape index (κ3) is 7.08. The number of carbonyl (C=O) groups is 2. The molecule has 1 aromatic heterocycles. The summed E-state index contributed by atoms with van der Waals surface area (Å²) in [6.45, 7) is 2.15. The smallest absolute Gasteiger partial charge is 0.319 e. The molecule has 36 heavy (non-hydrogen) atoms. The second kappa shape index (κ2) is 13.4. The quantitative estimate of drug-likeness (QED) is 0.365. The Morgan fingerprint density at radius 3 is 2.36 bits per heavy atom. The fourth-order valence-electron chi connectivity index (χ4n) is 3.93. The highest BCUT2D eigenvalue weighted by atomic mass is 32.1. The number of likely N-dealkylation sites (N-methyl/N-ethyl adjacent to an activating group) is 1. The van der Waals surface area contributed by atoms with E-state index in [0.29, 0.717) is 6.54 Å². The minimum Gasteiger partial charge on any atom is -0.472 e. The molecule has 1 fully saturated rings. The molecule has 1 saturated heterocycles. The lowest BCUT2D eigenvalue weighted by atomic mass is 9.98. The van der Waals surface area contributed by atoms with Crippen molar-refractivity contribution in [3.63, 3.8) is 0 Å². The SMILES string of the molecule is CN1CCN(CCCNC(=O)Nc2snc(OCc3c(CF)ccc(CF)c3CF)c2C(N)=O)CC1. The van der Waals surface area contributed by atoms with E-state index in [0.717, 1.165) is 50.7 Å². The van der Waals surface area contributed by atoms with Crippen molar-refractivity contribution in [1.82, 2.24) is 19.5 Å². The number of benzene rings is 1. The summed E-state index contributed by atoms with van der Waals surface area (Å²) in [6, 6.07) is 2.17. The van der Waals surface area contributed by atoms with E-state index in [4.69, 9.17) is 10.5 Å². The molecular weight excluding hydrogens is 497 g/mol. The van der Waals surface area contributed by atoms with Gasteiger partial charge in [-0.2, -0.15) is 4.37 Å². The molecule has 0 aliphatic carbocycles. The molecule has 3 rings (SSSR count). The normalized spacial score (nSPS) is 14.6. The molecule has 13 heteroatoms. The van der Waals surface area contributed by atoms with Gasteiger partial charge >= 0.3 is 6.03 Å². The lowest BCUT2D eigenvalue weighted by Crippen LogP contribution is -2.45. The maximum absolute atomic E-state index is 13.6. The van der Waals surface area contributed by atoms with E-state index in [1.54, 1.807) is 0 Å². The van der Waals surface area contributed by atoms with E-state index in [1.165, 1.54) is 12.1 Å². The first-order valence-electron chi connectivity index (χ1n) is 11.6. The molecule has 0 unspecified atom stereocenters. The van der Waals surface area contributed by atoms with Crippen LogP contribution >= 0.6 is 11.5 Å². The predicted molar refractivity (Wildman–Crippen MR) is 131 cm³/mol. The number of hydrogen-bond donors (Lipinski definition) is 3. The summed E-state index contributed by atoms with van der Waals surface area (Å²) in [7, 11) is 2.09. The highest BCUT2D eigenvalue weighted by Gasteiger charge is 2.23. The molecule has 0 saturated carbocycles. The lowest BCUT2D eigenvalue weighted by molar-refractivity contribution is 0.0996. The number of carbonyl (C=O) groups excluding carboxylic acids is 2. The number of aromatic nitrogens is 1. The van der Waals surface area contributed by atoms with Crippen LogP contribution in [0.4, 0.5) is 23.0 Å². The summed E-state index contributed by atoms with van der Waals surface area (Å²) in [6.07, 6.45) is 0.766. The first-order valence-corrected chi connectivity index (χ1v) is 12.3. The van der Waals surface area contributed by atoms with Crippen LogP contribution in [0.3, 0.4) is 0 Å². The van der Waals surface area contributed by atoms with Crippen LogP contribution in [0.5, 0.6) is 5.88 Å². The van der Waals surface area contributed by atoms with Crippen molar-refractivity contribution >= 4 is 28.5 Å². The van der Waals surface area contributed by atoms with Crippen molar-refractivity contribution in [3.8, 4) is 5.88 Å². The Kier molecular flexibility index (Phi) is 10.3. The van der Waals surface area contributed by atoms with Crippen LogP contribution in [0.25, 0.3) is 0 Å². The summed E-state index contributed by atoms with van der Waals surface area (Å²) in [5.41, 5.74) is 5.70. The average Bonchev–Trinajstić information content (AvgIpc) is 3.28. The third-order valence-corrected chi connectivity index (χ3v) is 6.81. The number of halogens is 3. The molecule has 1 aliphatic heterocycles. The molecule has 0 radical (unpaired) electrons. The summed E-state index contributed by atoms with van der Waals surface area (Å²) < 4.78 is 49.9. The van der Waals surface area contributed by atoms with Crippen molar-refractivity contribution in [2.24, 2.45) is 5.73 Å². The Balaban J connectivity index is 1.59. The number of primary amides is 1. The van der Waals surface area contributed by atoms with Crippen molar-refractivity contribution < 1.29 is 27.5 Å². The molecule has 2 heterocycles. The molecule has 0 atom stereocenters. The van der Waals surface area contributed by atoms with E-state index < -0.39 is 32.0 Å². The second-order valence-corrected chi connectivity index (χ2v) is 9.24. The number of nitrogens with zero attached hydrogens (tertiary/aromatic N) is 3. The van der Waals surface area contributed by atoms with Crippen LogP contribution in [0.1, 0.15) is 39.0 Å². The van der Waals surface area contributed by atoms with E-state index >= 15 is 0 Å². The number of amides is 3. The number of hydrogen-bond acceptors (Lipinski definition) is 7. The van der Waals surface area contributed by atoms with Gasteiger partial charge in [-0.3, -0.25) is 10.1 Å². The standard InChI is InChI=1S/C23H31F3N6O3S/c1-31-7-9-32(10-8-31)6-2-5-28-23(34)29-22-19(20(27)33)21(30-36-22)35-14-18-16(12-25)4-3-15(11-24)17(18)13-26/h3-4H,2,5-14H2,1H3,(H2,27,33)(H2,28,29,34). The third-order valence-electron chi connectivity index (χ3n) is 6.07. The summed E-state index contributed by atoms with van der Waals surface area (Å²) in [5, 5.41) is 5.37. The average molecular weight is 529 g/mol. The molecule has 1 aromatic carbocycles. The minimum absolute atomic E-state index is 0.00203. The van der Waals surface area contributed by atoms with Crippen LogP contribution in [-0.2, 0) is 26.6 Å². The summed E-state index contributed by atoms with van der Waals surface area (Å²) in [4.78, 5) is 29.0. The fraction of sp³-hybridized carbons (Fsp3) is 0.522. The highest BCUT2D eigenvalue weighted by molar-refractivity contribution is 7.11. The number of ether oxygens (including phenoxy) is 1. The Morgan fingerprint density at radius 2 is 1.75 bits per heavy atom. The molecule has 1 aliphatic rings. The Bertz CT molecular complexity index is 1050. The van der Waals surface area contributed by atoms with Gasteiger partial charge in [-0.05, 0) is 48.2 Å². The van der Waals surface area contributed by atoms with Crippen LogP contribution < -0.4 is 21.1 Å². The number of nitrogens with one attached hydrogen (secondary N) is 2. The van der Waals surface area contributed by atoms with E-state index in [-0.39, 0.29) is 45.3 Å². The number of nitrogens with two attached hydrogens (primary N) is 1. The Labute approximate surface area is 211 Å². The molecule has 198 valence electrons. The Morgan fingerprint density at radius 1 is 1.08 bits per heavy atom. The van der Waals surface area contributed by atoms with Gasteiger partial charge < -0.3 is 25.6 Å². The first-order chi connectivity index (χ1) is 17.4. The number of rotatable bonds is 12. The fourth-order valence-corrected chi connectivity index (χ4v) is 4.66. The molecule has 9 nitrogen and oxygen atoms in total. The van der Waals surface area contributed by atoms with E-state index in [9.17, 15) is 22.8 Å².